The molecule has 0 unspecified atom stereocenters. The number of hydrogen-bond donors (Lipinski definition) is 1. The molecular weight excluding hydrogens is 277 g/mol. The van der Waals surface area contributed by atoms with Crippen molar-refractivity contribution in [3.05, 3.63) is 72.8 Å². The van der Waals surface area contributed by atoms with Crippen LogP contribution in [-0.2, 0) is 0 Å². The number of aromatic amines is 1. The first-order valence-corrected chi connectivity index (χ1v) is 6.97. The van der Waals surface area contributed by atoms with Gasteiger partial charge in [0.25, 0.3) is 0 Å². The number of aromatic nitrogens is 3. The zero-order chi connectivity index (χ0) is 14.9. The lowest BCUT2D eigenvalue weighted by atomic mass is 10.1. The van der Waals surface area contributed by atoms with Crippen LogP contribution in [0.25, 0.3) is 33.5 Å². The Bertz CT molecular complexity index is 892. The van der Waals surface area contributed by atoms with E-state index in [4.69, 9.17) is 0 Å². The number of hydrogen-bond acceptors (Lipinski definition) is 2. The maximum Gasteiger partial charge on any atom is 0.212 e. The highest BCUT2D eigenvalue weighted by molar-refractivity contribution is 5.79. The van der Waals surface area contributed by atoms with Crippen molar-refractivity contribution in [3.8, 4) is 22.5 Å². The number of H-pyrrole nitrogens is 1. The van der Waals surface area contributed by atoms with Gasteiger partial charge < -0.3 is 4.98 Å². The predicted molar refractivity (Wildman–Crippen MR) is 84.7 cm³/mol. The molecule has 0 bridgehead atoms. The van der Waals surface area contributed by atoms with Gasteiger partial charge in [0.15, 0.2) is 0 Å². The van der Waals surface area contributed by atoms with E-state index in [9.17, 15) is 4.39 Å². The van der Waals surface area contributed by atoms with Gasteiger partial charge in [-0.2, -0.15) is 4.39 Å². The number of para-hydroxylation sites is 2. The van der Waals surface area contributed by atoms with Crippen molar-refractivity contribution >= 4 is 11.0 Å². The van der Waals surface area contributed by atoms with Crippen molar-refractivity contribution in [1.29, 1.82) is 0 Å². The number of halogens is 1. The number of nitrogens with zero attached hydrogens (tertiary/aromatic N) is 2. The molecule has 0 aliphatic rings. The Kier molecular flexibility index (Phi) is 2.93. The molecule has 0 saturated heterocycles. The third-order valence-electron chi connectivity index (χ3n) is 3.61. The Morgan fingerprint density at radius 1 is 0.773 bits per heavy atom. The van der Waals surface area contributed by atoms with Gasteiger partial charge in [-0.1, -0.05) is 36.4 Å². The molecule has 4 aromatic rings. The third kappa shape index (κ3) is 2.24. The summed E-state index contributed by atoms with van der Waals surface area (Å²) in [6.45, 7) is 0. The molecule has 0 fully saturated rings. The zero-order valence-corrected chi connectivity index (χ0v) is 11.6. The summed E-state index contributed by atoms with van der Waals surface area (Å²) >= 11 is 0. The molecule has 4 heteroatoms. The summed E-state index contributed by atoms with van der Waals surface area (Å²) in [7, 11) is 0. The molecule has 0 amide bonds. The van der Waals surface area contributed by atoms with Crippen LogP contribution in [0.3, 0.4) is 0 Å². The minimum absolute atomic E-state index is 0.470. The smallest absolute Gasteiger partial charge is 0.212 e. The maximum atomic E-state index is 12.9. The van der Waals surface area contributed by atoms with Gasteiger partial charge in [-0.15, -0.1) is 0 Å². The van der Waals surface area contributed by atoms with Gasteiger partial charge in [0.2, 0.25) is 5.95 Å². The van der Waals surface area contributed by atoms with E-state index in [1.54, 1.807) is 6.07 Å². The van der Waals surface area contributed by atoms with Crippen LogP contribution in [0, 0.1) is 5.95 Å². The lowest BCUT2D eigenvalue weighted by Crippen LogP contribution is -1.85. The van der Waals surface area contributed by atoms with Gasteiger partial charge in [0, 0.05) is 17.3 Å². The molecule has 0 saturated carbocycles. The summed E-state index contributed by atoms with van der Waals surface area (Å²) in [5, 5.41) is 0. The van der Waals surface area contributed by atoms with E-state index in [-0.39, 0.29) is 0 Å². The van der Waals surface area contributed by atoms with Gasteiger partial charge >= 0.3 is 0 Å². The summed E-state index contributed by atoms with van der Waals surface area (Å²) in [4.78, 5) is 11.6. The molecule has 3 nitrogen and oxygen atoms in total. The minimum Gasteiger partial charge on any atom is -0.338 e. The number of nitrogens with one attached hydrogen (secondary N) is 1. The molecule has 0 radical (unpaired) electrons. The highest BCUT2D eigenvalue weighted by Crippen LogP contribution is 2.24. The topological polar surface area (TPSA) is 41.6 Å². The summed E-state index contributed by atoms with van der Waals surface area (Å²) in [6.07, 6.45) is 1.53. The second-order valence-electron chi connectivity index (χ2n) is 5.05. The van der Waals surface area contributed by atoms with Crippen LogP contribution in [0.5, 0.6) is 0 Å². The van der Waals surface area contributed by atoms with Crippen molar-refractivity contribution < 1.29 is 4.39 Å². The Morgan fingerprint density at radius 2 is 1.50 bits per heavy atom. The third-order valence-corrected chi connectivity index (χ3v) is 3.61. The second kappa shape index (κ2) is 5.07. The summed E-state index contributed by atoms with van der Waals surface area (Å²) in [5.41, 5.74) is 4.86. The Balaban J connectivity index is 1.70. The normalized spacial score (nSPS) is 11.0. The van der Waals surface area contributed by atoms with E-state index in [0.717, 1.165) is 33.5 Å². The fourth-order valence-electron chi connectivity index (χ4n) is 2.46. The fourth-order valence-corrected chi connectivity index (χ4v) is 2.46. The first-order valence-electron chi connectivity index (χ1n) is 6.97. The zero-order valence-electron chi connectivity index (χ0n) is 11.6. The van der Waals surface area contributed by atoms with Gasteiger partial charge in [0.05, 0.1) is 11.0 Å². The van der Waals surface area contributed by atoms with E-state index in [1.807, 2.05) is 48.5 Å². The molecule has 2 aromatic heterocycles. The molecule has 1 N–H and O–H groups in total. The first-order chi connectivity index (χ1) is 10.8. The van der Waals surface area contributed by atoms with Crippen molar-refractivity contribution in [3.63, 3.8) is 0 Å². The second-order valence-corrected chi connectivity index (χ2v) is 5.05. The standard InChI is InChI=1S/C18H12FN3/c19-17-10-9-14(11-20-17)12-5-7-13(8-6-12)18-21-15-3-1-2-4-16(15)22-18/h1-11H,(H,21,22). The molecule has 0 aliphatic carbocycles. The summed E-state index contributed by atoms with van der Waals surface area (Å²) in [6, 6.07) is 19.0. The SMILES string of the molecule is Fc1ccc(-c2ccc(-c3nc4ccccc4[nH]3)cc2)cn1. The number of fused-ring (bicyclic) bond motifs is 1. The molecular formula is C18H12FN3. The molecule has 0 spiro atoms. The van der Waals surface area contributed by atoms with Crippen LogP contribution in [0.4, 0.5) is 4.39 Å². The lowest BCUT2D eigenvalue weighted by molar-refractivity contribution is 0.584. The molecule has 106 valence electrons. The molecule has 0 aliphatic heterocycles. The van der Waals surface area contributed by atoms with Crippen LogP contribution >= 0.6 is 0 Å². The van der Waals surface area contributed by atoms with Gasteiger partial charge in [-0.25, -0.2) is 9.97 Å². The predicted octanol–water partition coefficient (Wildman–Crippen LogP) is 4.43. The number of rotatable bonds is 2. The average Bonchev–Trinajstić information content (AvgIpc) is 3.00. The number of benzene rings is 2. The van der Waals surface area contributed by atoms with E-state index in [0.29, 0.717) is 0 Å². The Labute approximate surface area is 126 Å². The lowest BCUT2D eigenvalue weighted by Gasteiger charge is -2.02. The van der Waals surface area contributed by atoms with Crippen LogP contribution < -0.4 is 0 Å². The molecule has 2 aromatic carbocycles. The molecule has 22 heavy (non-hydrogen) atoms. The van der Waals surface area contributed by atoms with Crippen molar-refractivity contribution in [2.45, 2.75) is 0 Å². The fraction of sp³-hybridized carbons (Fsp3) is 0. The van der Waals surface area contributed by atoms with E-state index in [1.165, 1.54) is 12.3 Å². The van der Waals surface area contributed by atoms with Gasteiger partial charge in [-0.05, 0) is 29.8 Å². The van der Waals surface area contributed by atoms with Crippen LogP contribution in [0.2, 0.25) is 0 Å². The Morgan fingerprint density at radius 3 is 2.23 bits per heavy atom. The van der Waals surface area contributed by atoms with E-state index < -0.39 is 5.95 Å². The van der Waals surface area contributed by atoms with Crippen molar-refractivity contribution in [2.75, 3.05) is 0 Å². The van der Waals surface area contributed by atoms with Gasteiger partial charge in [0.1, 0.15) is 5.82 Å². The van der Waals surface area contributed by atoms with Gasteiger partial charge in [-0.3, -0.25) is 0 Å². The number of pyridine rings is 1. The van der Waals surface area contributed by atoms with E-state index >= 15 is 0 Å². The number of imidazole rings is 1. The monoisotopic (exact) mass is 289 g/mol. The first kappa shape index (κ1) is 12.7. The largest absolute Gasteiger partial charge is 0.338 e. The Hall–Kier alpha value is -3.01. The van der Waals surface area contributed by atoms with Crippen molar-refractivity contribution in [1.82, 2.24) is 15.0 Å². The van der Waals surface area contributed by atoms with E-state index in [2.05, 4.69) is 15.0 Å². The molecule has 0 atom stereocenters. The van der Waals surface area contributed by atoms with Crippen LogP contribution in [0.1, 0.15) is 0 Å². The summed E-state index contributed by atoms with van der Waals surface area (Å²) in [5.74, 6) is 0.368. The van der Waals surface area contributed by atoms with Crippen LogP contribution in [0.15, 0.2) is 66.9 Å². The van der Waals surface area contributed by atoms with Crippen molar-refractivity contribution in [2.24, 2.45) is 0 Å². The summed E-state index contributed by atoms with van der Waals surface area (Å²) < 4.78 is 12.9. The maximum absolute atomic E-state index is 12.9. The average molecular weight is 289 g/mol. The molecule has 2 heterocycles. The van der Waals surface area contributed by atoms with Crippen LogP contribution in [-0.4, -0.2) is 15.0 Å². The highest BCUT2D eigenvalue weighted by Gasteiger charge is 2.05. The highest BCUT2D eigenvalue weighted by atomic mass is 19.1. The minimum atomic E-state index is -0.470. The quantitative estimate of drug-likeness (QED) is 0.555. The molecule has 4 rings (SSSR count).